The van der Waals surface area contributed by atoms with E-state index in [1.807, 2.05) is 0 Å². The van der Waals surface area contributed by atoms with E-state index < -0.39 is 11.7 Å². The highest BCUT2D eigenvalue weighted by Crippen LogP contribution is 2.44. The Morgan fingerprint density at radius 1 is 1.34 bits per heavy atom. The maximum absolute atomic E-state index is 14.6. The third-order valence-corrected chi connectivity index (χ3v) is 7.17. The number of anilines is 1. The summed E-state index contributed by atoms with van der Waals surface area (Å²) < 4.78 is 14.6. The molecule has 32 heavy (non-hydrogen) atoms. The SMILES string of the molecule is NC(=O)c1ncc(-c2c[nH]c([C@@H]3CC[C@@H]4CC(c5c(N)ccc(Cl)c5F)=CC(=O)N43)n2)s1. The molecule has 0 radical (unpaired) electrons. The van der Waals surface area contributed by atoms with Gasteiger partial charge in [-0.3, -0.25) is 9.59 Å². The number of aromatic nitrogens is 3. The average Bonchev–Trinajstić information content (AvgIpc) is 3.49. The van der Waals surface area contributed by atoms with E-state index >= 15 is 0 Å². The first kappa shape index (κ1) is 20.7. The fourth-order valence-corrected chi connectivity index (χ4v) is 5.31. The second-order valence-electron chi connectivity index (χ2n) is 7.76. The van der Waals surface area contributed by atoms with Crippen molar-refractivity contribution in [2.24, 2.45) is 5.73 Å². The molecule has 0 unspecified atom stereocenters. The van der Waals surface area contributed by atoms with Crippen LogP contribution in [0.2, 0.25) is 5.02 Å². The highest BCUT2D eigenvalue weighted by Gasteiger charge is 2.42. The van der Waals surface area contributed by atoms with Crippen molar-refractivity contribution in [2.75, 3.05) is 5.73 Å². The number of imidazole rings is 1. The summed E-state index contributed by atoms with van der Waals surface area (Å²) in [5.74, 6) is -0.766. The second kappa shape index (κ2) is 7.72. The molecule has 2 aromatic heterocycles. The molecule has 0 spiro atoms. The lowest BCUT2D eigenvalue weighted by atomic mass is 9.92. The molecule has 0 aliphatic carbocycles. The van der Waals surface area contributed by atoms with Crippen LogP contribution in [0.4, 0.5) is 10.1 Å². The Kier molecular flexibility index (Phi) is 4.98. The molecule has 5 N–H and O–H groups in total. The number of H-pyrrole nitrogens is 1. The summed E-state index contributed by atoms with van der Waals surface area (Å²) in [6, 6.07) is 2.62. The number of nitrogens with zero attached hydrogens (tertiary/aromatic N) is 3. The molecule has 0 bridgehead atoms. The number of hydrogen-bond acceptors (Lipinski definition) is 6. The van der Waals surface area contributed by atoms with Crippen LogP contribution in [0.1, 0.15) is 46.5 Å². The van der Waals surface area contributed by atoms with Crippen molar-refractivity contribution < 1.29 is 14.0 Å². The molecule has 4 heterocycles. The molecule has 0 saturated carbocycles. The zero-order chi connectivity index (χ0) is 22.6. The highest BCUT2D eigenvalue weighted by atomic mass is 35.5. The number of nitrogens with two attached hydrogens (primary N) is 2. The topological polar surface area (TPSA) is 131 Å². The largest absolute Gasteiger partial charge is 0.398 e. The molecule has 5 rings (SSSR count). The smallest absolute Gasteiger partial charge is 0.277 e. The molecule has 2 aliphatic rings. The molecule has 1 aromatic carbocycles. The molecule has 1 saturated heterocycles. The van der Waals surface area contributed by atoms with Gasteiger partial charge < -0.3 is 21.4 Å². The van der Waals surface area contributed by atoms with Gasteiger partial charge in [-0.1, -0.05) is 11.6 Å². The van der Waals surface area contributed by atoms with Crippen LogP contribution < -0.4 is 11.5 Å². The second-order valence-corrected chi connectivity index (χ2v) is 9.19. The number of rotatable bonds is 4. The van der Waals surface area contributed by atoms with Crippen molar-refractivity contribution in [3.63, 3.8) is 0 Å². The monoisotopic (exact) mass is 472 g/mol. The zero-order valence-corrected chi connectivity index (χ0v) is 18.2. The number of fused-ring (bicyclic) bond motifs is 1. The molecule has 164 valence electrons. The van der Waals surface area contributed by atoms with Crippen molar-refractivity contribution >= 4 is 46.0 Å². The Morgan fingerprint density at radius 2 is 2.16 bits per heavy atom. The fraction of sp³-hybridized carbons (Fsp3) is 0.238. The molecule has 8 nitrogen and oxygen atoms in total. The predicted octanol–water partition coefficient (Wildman–Crippen LogP) is 3.53. The van der Waals surface area contributed by atoms with Gasteiger partial charge in [-0.15, -0.1) is 11.3 Å². The zero-order valence-electron chi connectivity index (χ0n) is 16.6. The van der Waals surface area contributed by atoms with E-state index in [0.29, 0.717) is 34.8 Å². The number of hydrogen-bond donors (Lipinski definition) is 3. The lowest BCUT2D eigenvalue weighted by Crippen LogP contribution is -2.39. The third kappa shape index (κ3) is 3.35. The molecule has 2 aliphatic heterocycles. The quantitative estimate of drug-likeness (QED) is 0.500. The number of benzene rings is 1. The number of thiazole rings is 1. The summed E-state index contributed by atoms with van der Waals surface area (Å²) in [6.07, 6.45) is 6.65. The van der Waals surface area contributed by atoms with E-state index in [2.05, 4.69) is 15.0 Å². The van der Waals surface area contributed by atoms with Gasteiger partial charge in [0.1, 0.15) is 11.5 Å². The van der Waals surface area contributed by atoms with Crippen LogP contribution in [0.5, 0.6) is 0 Å². The lowest BCUT2D eigenvalue weighted by molar-refractivity contribution is -0.129. The molecular weight excluding hydrogens is 455 g/mol. The first-order valence-corrected chi connectivity index (χ1v) is 11.1. The first-order chi connectivity index (χ1) is 15.3. The van der Waals surface area contributed by atoms with Crippen LogP contribution in [0.15, 0.2) is 30.6 Å². The van der Waals surface area contributed by atoms with E-state index in [-0.39, 0.29) is 39.3 Å². The Morgan fingerprint density at radius 3 is 2.91 bits per heavy atom. The van der Waals surface area contributed by atoms with Gasteiger partial charge in [-0.2, -0.15) is 0 Å². The minimum Gasteiger partial charge on any atom is -0.398 e. The summed E-state index contributed by atoms with van der Waals surface area (Å²) in [5.41, 5.74) is 12.9. The number of nitrogens with one attached hydrogen (secondary N) is 1. The first-order valence-electron chi connectivity index (χ1n) is 9.91. The van der Waals surface area contributed by atoms with Gasteiger partial charge in [-0.25, -0.2) is 14.4 Å². The van der Waals surface area contributed by atoms with Gasteiger partial charge in [-0.05, 0) is 37.0 Å². The Labute approximate surface area is 191 Å². The summed E-state index contributed by atoms with van der Waals surface area (Å²) in [7, 11) is 0. The standard InChI is InChI=1S/C21H18ClFN6O2S/c22-11-2-3-12(24)17(18(11)23)9-5-10-1-4-14(29(10)16(30)6-9)20-26-7-13(28-20)15-8-27-21(32-15)19(25)31/h2-3,6-8,10,14H,1,4-5,24H2,(H2,25,31)(H,26,28)/t10-,14+/m1/s1. The van der Waals surface area contributed by atoms with Gasteiger partial charge in [0.05, 0.1) is 15.9 Å². The van der Waals surface area contributed by atoms with E-state index in [1.165, 1.54) is 12.1 Å². The molecule has 2 amide bonds. The van der Waals surface area contributed by atoms with Gasteiger partial charge in [0.15, 0.2) is 10.8 Å². The van der Waals surface area contributed by atoms with E-state index in [1.54, 1.807) is 23.4 Å². The summed E-state index contributed by atoms with van der Waals surface area (Å²) >= 11 is 7.09. The van der Waals surface area contributed by atoms with Gasteiger partial charge in [0.25, 0.3) is 5.91 Å². The average molecular weight is 473 g/mol. The van der Waals surface area contributed by atoms with Crippen molar-refractivity contribution in [2.45, 2.75) is 31.3 Å². The van der Waals surface area contributed by atoms with Crippen molar-refractivity contribution in [3.05, 3.63) is 57.8 Å². The highest BCUT2D eigenvalue weighted by molar-refractivity contribution is 7.16. The van der Waals surface area contributed by atoms with Crippen molar-refractivity contribution in [3.8, 4) is 10.6 Å². The normalized spacial score (nSPS) is 20.4. The molecule has 2 atom stereocenters. The molecule has 1 fully saturated rings. The van der Waals surface area contributed by atoms with E-state index in [4.69, 9.17) is 23.1 Å². The number of aromatic amines is 1. The number of carbonyl (C=O) groups is 2. The maximum Gasteiger partial charge on any atom is 0.277 e. The van der Waals surface area contributed by atoms with Gasteiger partial charge in [0.2, 0.25) is 5.91 Å². The fourth-order valence-electron chi connectivity index (χ4n) is 4.43. The van der Waals surface area contributed by atoms with Crippen molar-refractivity contribution in [1.82, 2.24) is 19.9 Å². The minimum atomic E-state index is -0.607. The predicted molar refractivity (Wildman–Crippen MR) is 119 cm³/mol. The van der Waals surface area contributed by atoms with Crippen LogP contribution in [-0.4, -0.2) is 37.7 Å². The third-order valence-electron chi connectivity index (χ3n) is 5.84. The minimum absolute atomic E-state index is 0.0278. The lowest BCUT2D eigenvalue weighted by Gasteiger charge is -2.33. The number of primary amides is 1. The van der Waals surface area contributed by atoms with E-state index in [9.17, 15) is 14.0 Å². The maximum atomic E-state index is 14.6. The van der Waals surface area contributed by atoms with Crippen molar-refractivity contribution in [1.29, 1.82) is 0 Å². The summed E-state index contributed by atoms with van der Waals surface area (Å²) in [6.45, 7) is 0. The molecule has 3 aromatic rings. The Bertz CT molecular complexity index is 1290. The number of amides is 2. The number of halogens is 2. The Balaban J connectivity index is 1.42. The molecule has 11 heteroatoms. The van der Waals surface area contributed by atoms with Crippen LogP contribution in [-0.2, 0) is 4.79 Å². The van der Waals surface area contributed by atoms with Crippen LogP contribution in [0.25, 0.3) is 16.1 Å². The van der Waals surface area contributed by atoms with Crippen LogP contribution >= 0.6 is 22.9 Å². The molecular formula is C21H18ClFN6O2S. The van der Waals surface area contributed by atoms with Gasteiger partial charge in [0, 0.05) is 35.8 Å². The summed E-state index contributed by atoms with van der Waals surface area (Å²) in [5, 5.41) is 0.182. The number of carbonyl (C=O) groups excluding carboxylic acids is 2. The van der Waals surface area contributed by atoms with Crippen LogP contribution in [0, 0.1) is 5.82 Å². The Hall–Kier alpha value is -3.24. The van der Waals surface area contributed by atoms with Gasteiger partial charge >= 0.3 is 0 Å². The van der Waals surface area contributed by atoms with Crippen LogP contribution in [0.3, 0.4) is 0 Å². The van der Waals surface area contributed by atoms with E-state index in [0.717, 1.165) is 17.8 Å². The number of nitrogen functional groups attached to an aromatic ring is 1. The summed E-state index contributed by atoms with van der Waals surface area (Å²) in [4.78, 5) is 38.6.